The third-order valence-electron chi connectivity index (χ3n) is 4.60. The monoisotopic (exact) mass is 294 g/mol. The number of carbonyl (C=O) groups is 1. The summed E-state index contributed by atoms with van der Waals surface area (Å²) in [6, 6.07) is 10.4. The third kappa shape index (κ3) is 2.70. The summed E-state index contributed by atoms with van der Waals surface area (Å²) in [5.41, 5.74) is 0.981. The van der Waals surface area contributed by atoms with Crippen molar-refractivity contribution >= 4 is 18.3 Å². The molecule has 1 aliphatic carbocycles. The molecule has 2 aliphatic rings. The summed E-state index contributed by atoms with van der Waals surface area (Å²) in [6.45, 7) is 3.56. The van der Waals surface area contributed by atoms with Crippen LogP contribution >= 0.6 is 12.4 Å². The van der Waals surface area contributed by atoms with Crippen LogP contribution in [-0.4, -0.2) is 37.0 Å². The smallest absolute Gasteiger partial charge is 0.233 e. The Morgan fingerprint density at radius 3 is 2.25 bits per heavy atom. The van der Waals surface area contributed by atoms with Gasteiger partial charge in [-0.2, -0.15) is 0 Å². The average molecular weight is 295 g/mol. The molecule has 1 aromatic rings. The van der Waals surface area contributed by atoms with Crippen LogP contribution in [0.3, 0.4) is 0 Å². The van der Waals surface area contributed by atoms with Crippen molar-refractivity contribution in [3.05, 3.63) is 35.9 Å². The van der Waals surface area contributed by atoms with E-state index in [4.69, 9.17) is 0 Å². The number of hydrogen-bond donors (Lipinski definition) is 1. The average Bonchev–Trinajstić information content (AvgIpc) is 2.99. The van der Waals surface area contributed by atoms with Crippen molar-refractivity contribution < 1.29 is 4.79 Å². The molecule has 0 bridgehead atoms. The summed E-state index contributed by atoms with van der Waals surface area (Å²) in [7, 11) is 0. The molecule has 0 atom stereocenters. The molecule has 4 heteroatoms. The fraction of sp³-hybridized carbons (Fsp3) is 0.562. The molecule has 3 rings (SSSR count). The molecule has 0 aromatic heterocycles. The van der Waals surface area contributed by atoms with E-state index in [-0.39, 0.29) is 17.8 Å². The van der Waals surface area contributed by atoms with Crippen molar-refractivity contribution in [3.63, 3.8) is 0 Å². The highest BCUT2D eigenvalue weighted by molar-refractivity contribution is 5.88. The number of amides is 1. The maximum absolute atomic E-state index is 13.0. The molecule has 3 nitrogen and oxygen atoms in total. The molecule has 110 valence electrons. The molecule has 0 unspecified atom stereocenters. The van der Waals surface area contributed by atoms with Gasteiger partial charge in [0.1, 0.15) is 0 Å². The van der Waals surface area contributed by atoms with Gasteiger partial charge in [0, 0.05) is 26.2 Å². The minimum atomic E-state index is -0.237. The lowest BCUT2D eigenvalue weighted by molar-refractivity contribution is -0.138. The molecular weight excluding hydrogens is 272 g/mol. The van der Waals surface area contributed by atoms with E-state index in [2.05, 4.69) is 34.5 Å². The van der Waals surface area contributed by atoms with Gasteiger partial charge in [0.2, 0.25) is 5.91 Å². The molecular formula is C16H23ClN2O. The first-order chi connectivity index (χ1) is 9.33. The first kappa shape index (κ1) is 15.3. The standard InChI is InChI=1S/C16H22N2O.ClH/c19-15(18-12-10-17-11-13-18)16(8-4-5-9-16)14-6-2-1-3-7-14;/h1-3,6-7,17H,4-5,8-13H2;1H. The predicted molar refractivity (Wildman–Crippen MR) is 83.3 cm³/mol. The number of nitrogens with one attached hydrogen (secondary N) is 1. The fourth-order valence-electron chi connectivity index (χ4n) is 3.53. The summed E-state index contributed by atoms with van der Waals surface area (Å²) < 4.78 is 0. The van der Waals surface area contributed by atoms with Gasteiger partial charge in [-0.15, -0.1) is 12.4 Å². The van der Waals surface area contributed by atoms with Gasteiger partial charge in [-0.3, -0.25) is 4.79 Å². The Balaban J connectivity index is 0.00000147. The van der Waals surface area contributed by atoms with Gasteiger partial charge in [0.05, 0.1) is 5.41 Å². The number of piperazine rings is 1. The Morgan fingerprint density at radius 1 is 1.05 bits per heavy atom. The van der Waals surface area contributed by atoms with E-state index >= 15 is 0 Å². The van der Waals surface area contributed by atoms with Crippen molar-refractivity contribution in [2.75, 3.05) is 26.2 Å². The quantitative estimate of drug-likeness (QED) is 0.908. The zero-order valence-electron chi connectivity index (χ0n) is 11.8. The molecule has 2 fully saturated rings. The molecule has 1 saturated carbocycles. The van der Waals surface area contributed by atoms with Crippen LogP contribution in [0.5, 0.6) is 0 Å². The van der Waals surface area contributed by atoms with Crippen molar-refractivity contribution in [3.8, 4) is 0 Å². The van der Waals surface area contributed by atoms with Crippen molar-refractivity contribution in [2.24, 2.45) is 0 Å². The van der Waals surface area contributed by atoms with E-state index in [0.717, 1.165) is 39.0 Å². The van der Waals surface area contributed by atoms with Gasteiger partial charge < -0.3 is 10.2 Å². The molecule has 1 aliphatic heterocycles. The number of benzene rings is 1. The van der Waals surface area contributed by atoms with E-state index in [9.17, 15) is 4.79 Å². The Hall–Kier alpha value is -1.06. The molecule has 1 amide bonds. The molecule has 1 aromatic carbocycles. The van der Waals surface area contributed by atoms with Crippen LogP contribution in [0, 0.1) is 0 Å². The van der Waals surface area contributed by atoms with Crippen LogP contribution in [0.1, 0.15) is 31.2 Å². The summed E-state index contributed by atoms with van der Waals surface area (Å²) in [5.74, 6) is 0.359. The highest BCUT2D eigenvalue weighted by Crippen LogP contribution is 2.42. The second-order valence-electron chi connectivity index (χ2n) is 5.70. The number of rotatable bonds is 2. The molecule has 0 spiro atoms. The number of halogens is 1. The maximum Gasteiger partial charge on any atom is 0.233 e. The Morgan fingerprint density at radius 2 is 1.65 bits per heavy atom. The molecule has 20 heavy (non-hydrogen) atoms. The number of hydrogen-bond acceptors (Lipinski definition) is 2. The third-order valence-corrected chi connectivity index (χ3v) is 4.60. The summed E-state index contributed by atoms with van der Waals surface area (Å²) in [4.78, 5) is 15.1. The predicted octanol–water partition coefficient (Wildman–Crippen LogP) is 2.35. The largest absolute Gasteiger partial charge is 0.339 e. The van der Waals surface area contributed by atoms with Crippen molar-refractivity contribution in [1.82, 2.24) is 10.2 Å². The minimum absolute atomic E-state index is 0. The number of nitrogens with zero attached hydrogens (tertiary/aromatic N) is 1. The van der Waals surface area contributed by atoms with Crippen LogP contribution < -0.4 is 5.32 Å². The van der Waals surface area contributed by atoms with Crippen LogP contribution in [0.4, 0.5) is 0 Å². The van der Waals surface area contributed by atoms with E-state index < -0.39 is 0 Å². The second kappa shape index (κ2) is 6.59. The molecule has 1 N–H and O–H groups in total. The Kier molecular flexibility index (Phi) is 5.06. The second-order valence-corrected chi connectivity index (χ2v) is 5.70. The van der Waals surface area contributed by atoms with Crippen LogP contribution in [0.15, 0.2) is 30.3 Å². The molecule has 1 saturated heterocycles. The highest BCUT2D eigenvalue weighted by Gasteiger charge is 2.44. The summed E-state index contributed by atoms with van der Waals surface area (Å²) in [6.07, 6.45) is 4.37. The van der Waals surface area contributed by atoms with Gasteiger partial charge in [-0.05, 0) is 18.4 Å². The van der Waals surface area contributed by atoms with Gasteiger partial charge in [-0.1, -0.05) is 43.2 Å². The molecule has 1 heterocycles. The van der Waals surface area contributed by atoms with E-state index in [0.29, 0.717) is 5.91 Å². The summed E-state index contributed by atoms with van der Waals surface area (Å²) in [5, 5.41) is 3.32. The first-order valence-electron chi connectivity index (χ1n) is 7.39. The normalized spacial score (nSPS) is 21.3. The van der Waals surface area contributed by atoms with Gasteiger partial charge in [0.25, 0.3) is 0 Å². The molecule has 0 radical (unpaired) electrons. The van der Waals surface area contributed by atoms with E-state index in [1.165, 1.54) is 18.4 Å². The first-order valence-corrected chi connectivity index (χ1v) is 7.39. The van der Waals surface area contributed by atoms with Gasteiger partial charge in [0.15, 0.2) is 0 Å². The maximum atomic E-state index is 13.0. The minimum Gasteiger partial charge on any atom is -0.339 e. The topological polar surface area (TPSA) is 32.3 Å². The van der Waals surface area contributed by atoms with Crippen molar-refractivity contribution in [1.29, 1.82) is 0 Å². The Bertz CT molecular complexity index is 437. The lowest BCUT2D eigenvalue weighted by Crippen LogP contribution is -2.52. The zero-order valence-corrected chi connectivity index (χ0v) is 12.6. The van der Waals surface area contributed by atoms with Crippen LogP contribution in [0.25, 0.3) is 0 Å². The Labute approximate surface area is 127 Å². The SMILES string of the molecule is Cl.O=C(N1CCNCC1)C1(c2ccccc2)CCCC1. The highest BCUT2D eigenvalue weighted by atomic mass is 35.5. The summed E-state index contributed by atoms with van der Waals surface area (Å²) >= 11 is 0. The van der Waals surface area contributed by atoms with Gasteiger partial charge in [-0.25, -0.2) is 0 Å². The van der Waals surface area contributed by atoms with E-state index in [1.54, 1.807) is 0 Å². The zero-order chi connectivity index (χ0) is 13.1. The van der Waals surface area contributed by atoms with Gasteiger partial charge >= 0.3 is 0 Å². The van der Waals surface area contributed by atoms with Crippen LogP contribution in [0.2, 0.25) is 0 Å². The van der Waals surface area contributed by atoms with Crippen LogP contribution in [-0.2, 0) is 10.2 Å². The lowest BCUT2D eigenvalue weighted by Gasteiger charge is -2.37. The fourth-order valence-corrected chi connectivity index (χ4v) is 3.53. The van der Waals surface area contributed by atoms with Crippen molar-refractivity contribution in [2.45, 2.75) is 31.1 Å². The van der Waals surface area contributed by atoms with E-state index in [1.807, 2.05) is 6.07 Å². The lowest BCUT2D eigenvalue weighted by atomic mass is 9.77. The number of carbonyl (C=O) groups excluding carboxylic acids is 1.